The number of ether oxygens (including phenoxy) is 2. The maximum absolute atomic E-state index is 6.10. The lowest BCUT2D eigenvalue weighted by Crippen LogP contribution is -2.00. The molecular weight excluding hydrogens is 354 g/mol. The van der Waals surface area contributed by atoms with Gasteiger partial charge in [-0.3, -0.25) is 0 Å². The molecule has 0 saturated carbocycles. The molecule has 4 heteroatoms. The molecule has 0 aliphatic carbocycles. The minimum absolute atomic E-state index is 0.490. The Kier molecular flexibility index (Phi) is 5.46. The number of nitrogens with zero attached hydrogens (tertiary/aromatic N) is 1. The molecule has 0 atom stereocenters. The lowest BCUT2D eigenvalue weighted by Gasteiger charge is -2.14. The van der Waals surface area contributed by atoms with Gasteiger partial charge >= 0.3 is 0 Å². The lowest BCUT2D eigenvalue weighted by atomic mass is 10.2. The van der Waals surface area contributed by atoms with E-state index in [4.69, 9.17) is 9.47 Å². The van der Waals surface area contributed by atoms with Crippen LogP contribution >= 0.6 is 11.3 Å². The first-order valence-electron chi connectivity index (χ1n) is 8.76. The van der Waals surface area contributed by atoms with Crippen LogP contribution in [0.15, 0.2) is 90.4 Å². The van der Waals surface area contributed by atoms with Gasteiger partial charge in [0, 0.05) is 17.1 Å². The summed E-state index contributed by atoms with van der Waals surface area (Å²) >= 11 is 1.61. The first-order valence-corrected chi connectivity index (χ1v) is 9.64. The van der Waals surface area contributed by atoms with Crippen molar-refractivity contribution in [3.63, 3.8) is 0 Å². The monoisotopic (exact) mass is 373 g/mol. The molecule has 27 heavy (non-hydrogen) atoms. The normalized spacial score (nSPS) is 10.5. The Bertz CT molecular complexity index is 970. The van der Waals surface area contributed by atoms with Crippen molar-refractivity contribution in [2.45, 2.75) is 13.2 Å². The molecule has 134 valence electrons. The molecule has 4 rings (SSSR count). The first-order chi connectivity index (χ1) is 13.4. The highest BCUT2D eigenvalue weighted by atomic mass is 32.1. The summed E-state index contributed by atoms with van der Waals surface area (Å²) in [7, 11) is 0. The fraction of sp³-hybridized carbons (Fsp3) is 0.0870. The van der Waals surface area contributed by atoms with E-state index in [9.17, 15) is 0 Å². The predicted octanol–water partition coefficient (Wildman–Crippen LogP) is 5.97. The number of rotatable bonds is 7. The van der Waals surface area contributed by atoms with Crippen LogP contribution in [-0.2, 0) is 13.2 Å². The van der Waals surface area contributed by atoms with E-state index in [1.54, 1.807) is 11.3 Å². The van der Waals surface area contributed by atoms with Crippen molar-refractivity contribution >= 4 is 11.3 Å². The molecule has 1 aromatic heterocycles. The number of hydrogen-bond acceptors (Lipinski definition) is 4. The summed E-state index contributed by atoms with van der Waals surface area (Å²) in [6.45, 7) is 0.989. The summed E-state index contributed by atoms with van der Waals surface area (Å²) in [4.78, 5) is 4.39. The molecule has 3 aromatic carbocycles. The Morgan fingerprint density at radius 3 is 1.93 bits per heavy atom. The first kappa shape index (κ1) is 17.3. The van der Waals surface area contributed by atoms with E-state index in [0.717, 1.165) is 33.2 Å². The van der Waals surface area contributed by atoms with E-state index >= 15 is 0 Å². The quantitative estimate of drug-likeness (QED) is 0.400. The third-order valence-corrected chi connectivity index (χ3v) is 4.92. The second-order valence-electron chi connectivity index (χ2n) is 6.05. The highest BCUT2D eigenvalue weighted by Gasteiger charge is 2.10. The zero-order valence-corrected chi connectivity index (χ0v) is 15.6. The van der Waals surface area contributed by atoms with Gasteiger partial charge in [0.05, 0.1) is 0 Å². The SMILES string of the molecule is c1ccc(COc2ccc(-c3nccs3)cc2OCc2ccccc2)cc1. The van der Waals surface area contributed by atoms with Crippen LogP contribution in [-0.4, -0.2) is 4.98 Å². The zero-order valence-electron chi connectivity index (χ0n) is 14.7. The van der Waals surface area contributed by atoms with Crippen LogP contribution in [0, 0.1) is 0 Å². The second kappa shape index (κ2) is 8.52. The van der Waals surface area contributed by atoms with E-state index in [1.165, 1.54) is 0 Å². The molecule has 0 aliphatic heterocycles. The highest BCUT2D eigenvalue weighted by Crippen LogP contribution is 2.34. The van der Waals surface area contributed by atoms with Gasteiger partial charge in [0.2, 0.25) is 0 Å². The Labute approximate surface area is 162 Å². The van der Waals surface area contributed by atoms with Gasteiger partial charge in [-0.15, -0.1) is 11.3 Å². The molecule has 0 N–H and O–H groups in total. The molecule has 0 aliphatic rings. The van der Waals surface area contributed by atoms with E-state index in [0.29, 0.717) is 13.2 Å². The van der Waals surface area contributed by atoms with Gasteiger partial charge in [0.15, 0.2) is 11.5 Å². The second-order valence-corrected chi connectivity index (χ2v) is 6.94. The third kappa shape index (κ3) is 4.54. The molecular formula is C23H19NO2S. The molecule has 0 fully saturated rings. The van der Waals surface area contributed by atoms with Crippen molar-refractivity contribution in [1.29, 1.82) is 0 Å². The van der Waals surface area contributed by atoms with Crippen molar-refractivity contribution < 1.29 is 9.47 Å². The summed E-state index contributed by atoms with van der Waals surface area (Å²) in [5.41, 5.74) is 3.27. The summed E-state index contributed by atoms with van der Waals surface area (Å²) in [6, 6.07) is 26.2. The molecule has 0 spiro atoms. The van der Waals surface area contributed by atoms with Crippen molar-refractivity contribution in [3.8, 4) is 22.1 Å². The van der Waals surface area contributed by atoms with E-state index in [2.05, 4.69) is 29.2 Å². The van der Waals surface area contributed by atoms with Gasteiger partial charge < -0.3 is 9.47 Å². The molecule has 1 heterocycles. The minimum Gasteiger partial charge on any atom is -0.485 e. The van der Waals surface area contributed by atoms with Crippen LogP contribution in [0.25, 0.3) is 10.6 Å². The Morgan fingerprint density at radius 2 is 1.33 bits per heavy atom. The fourth-order valence-corrected chi connectivity index (χ4v) is 3.35. The Balaban J connectivity index is 1.56. The number of aromatic nitrogens is 1. The molecule has 3 nitrogen and oxygen atoms in total. The van der Waals surface area contributed by atoms with Crippen molar-refractivity contribution in [2.24, 2.45) is 0 Å². The topological polar surface area (TPSA) is 31.4 Å². The largest absolute Gasteiger partial charge is 0.485 e. The average molecular weight is 373 g/mol. The van der Waals surface area contributed by atoms with Crippen molar-refractivity contribution in [3.05, 3.63) is 102 Å². The summed E-state index contributed by atoms with van der Waals surface area (Å²) in [6.07, 6.45) is 1.81. The van der Waals surface area contributed by atoms with Gasteiger partial charge in [-0.1, -0.05) is 60.7 Å². The Hall–Kier alpha value is -3.11. The highest BCUT2D eigenvalue weighted by molar-refractivity contribution is 7.13. The van der Waals surface area contributed by atoms with Crippen molar-refractivity contribution in [1.82, 2.24) is 4.98 Å². The van der Waals surface area contributed by atoms with Crippen molar-refractivity contribution in [2.75, 3.05) is 0 Å². The van der Waals surface area contributed by atoms with Crippen LogP contribution in [0.2, 0.25) is 0 Å². The molecule has 0 saturated heterocycles. The van der Waals surface area contributed by atoms with E-state index in [-0.39, 0.29) is 0 Å². The summed E-state index contributed by atoms with van der Waals surface area (Å²) < 4.78 is 12.1. The van der Waals surface area contributed by atoms with Gasteiger partial charge in [-0.2, -0.15) is 0 Å². The van der Waals surface area contributed by atoms with Gasteiger partial charge in [-0.05, 0) is 29.3 Å². The number of thiazole rings is 1. The smallest absolute Gasteiger partial charge is 0.162 e. The summed E-state index contributed by atoms with van der Waals surface area (Å²) in [5.74, 6) is 1.46. The maximum atomic E-state index is 6.10. The number of benzene rings is 3. The standard InChI is InChI=1S/C23H19NO2S/c1-3-7-18(8-4-1)16-25-21-12-11-20(23-24-13-14-27-23)15-22(21)26-17-19-9-5-2-6-10-19/h1-15H,16-17H2. The van der Waals surface area contributed by atoms with E-state index < -0.39 is 0 Å². The Morgan fingerprint density at radius 1 is 0.704 bits per heavy atom. The van der Waals surface area contributed by atoms with Crippen LogP contribution < -0.4 is 9.47 Å². The van der Waals surface area contributed by atoms with E-state index in [1.807, 2.05) is 66.2 Å². The van der Waals surface area contributed by atoms with Crippen LogP contribution in [0.1, 0.15) is 11.1 Å². The average Bonchev–Trinajstić information content (AvgIpc) is 3.27. The zero-order chi connectivity index (χ0) is 18.3. The lowest BCUT2D eigenvalue weighted by molar-refractivity contribution is 0.256. The van der Waals surface area contributed by atoms with Gasteiger partial charge in [-0.25, -0.2) is 4.98 Å². The molecule has 0 bridgehead atoms. The van der Waals surface area contributed by atoms with Gasteiger partial charge in [0.1, 0.15) is 18.2 Å². The fourth-order valence-electron chi connectivity index (χ4n) is 2.71. The van der Waals surface area contributed by atoms with Crippen LogP contribution in [0.3, 0.4) is 0 Å². The van der Waals surface area contributed by atoms with Crippen LogP contribution in [0.4, 0.5) is 0 Å². The van der Waals surface area contributed by atoms with Gasteiger partial charge in [0.25, 0.3) is 0 Å². The van der Waals surface area contributed by atoms with Crippen LogP contribution in [0.5, 0.6) is 11.5 Å². The molecule has 0 radical (unpaired) electrons. The summed E-state index contributed by atoms with van der Waals surface area (Å²) in [5, 5.41) is 2.94. The third-order valence-electron chi connectivity index (χ3n) is 4.10. The number of hydrogen-bond donors (Lipinski definition) is 0. The molecule has 0 amide bonds. The maximum Gasteiger partial charge on any atom is 0.162 e. The molecule has 4 aromatic rings. The predicted molar refractivity (Wildman–Crippen MR) is 109 cm³/mol. The minimum atomic E-state index is 0.490. The molecule has 0 unspecified atom stereocenters.